The molecule has 1 N–H and O–H groups in total. The lowest BCUT2D eigenvalue weighted by atomic mass is 9.93. The van der Waals surface area contributed by atoms with Crippen LogP contribution in [-0.4, -0.2) is 33.0 Å². The number of aryl methyl sites for hydroxylation is 1. The van der Waals surface area contributed by atoms with E-state index in [1.165, 1.54) is 0 Å². The molecule has 3 rings (SSSR count). The largest absolute Gasteiger partial charge is 0.322 e. The van der Waals surface area contributed by atoms with E-state index in [-0.39, 0.29) is 6.03 Å². The van der Waals surface area contributed by atoms with Crippen molar-refractivity contribution in [3.63, 3.8) is 0 Å². The summed E-state index contributed by atoms with van der Waals surface area (Å²) in [6.07, 6.45) is 5.52. The molecule has 0 spiro atoms. The van der Waals surface area contributed by atoms with Gasteiger partial charge in [0.05, 0.1) is 0 Å². The number of anilines is 1. The summed E-state index contributed by atoms with van der Waals surface area (Å²) >= 11 is 0. The van der Waals surface area contributed by atoms with Crippen LogP contribution in [0, 0.1) is 6.92 Å². The summed E-state index contributed by atoms with van der Waals surface area (Å²) in [7, 11) is 0. The van der Waals surface area contributed by atoms with Gasteiger partial charge in [-0.05, 0) is 50.5 Å². The quantitative estimate of drug-likeness (QED) is 0.936. The molecule has 1 saturated heterocycles. The van der Waals surface area contributed by atoms with Crippen LogP contribution in [0.2, 0.25) is 0 Å². The van der Waals surface area contributed by atoms with Gasteiger partial charge in [-0.3, -0.25) is 0 Å². The molecule has 0 bridgehead atoms. The van der Waals surface area contributed by atoms with Crippen LogP contribution in [0.15, 0.2) is 36.7 Å². The molecule has 1 aromatic carbocycles. The van der Waals surface area contributed by atoms with Crippen molar-refractivity contribution < 1.29 is 4.79 Å². The van der Waals surface area contributed by atoms with E-state index in [0.717, 1.165) is 29.7 Å². The number of amides is 2. The molecule has 120 valence electrons. The Balaban J connectivity index is 1.80. The lowest BCUT2D eigenvalue weighted by Crippen LogP contribution is -2.58. The van der Waals surface area contributed by atoms with Gasteiger partial charge in [-0.15, -0.1) is 0 Å². The third-order valence-corrected chi connectivity index (χ3v) is 4.48. The van der Waals surface area contributed by atoms with E-state index in [1.54, 1.807) is 18.5 Å². The molecule has 5 nitrogen and oxygen atoms in total. The summed E-state index contributed by atoms with van der Waals surface area (Å²) in [4.78, 5) is 23.0. The van der Waals surface area contributed by atoms with Gasteiger partial charge in [0.25, 0.3) is 0 Å². The number of nitrogens with zero attached hydrogens (tertiary/aromatic N) is 3. The molecule has 2 aromatic rings. The molecule has 2 heterocycles. The average molecular weight is 310 g/mol. The fourth-order valence-electron chi connectivity index (χ4n) is 3.14. The summed E-state index contributed by atoms with van der Waals surface area (Å²) in [6.45, 7) is 6.22. The van der Waals surface area contributed by atoms with Gasteiger partial charge < -0.3 is 10.2 Å². The van der Waals surface area contributed by atoms with Crippen LogP contribution in [0.3, 0.4) is 0 Å². The zero-order chi connectivity index (χ0) is 16.4. The smallest absolute Gasteiger partial charge is 0.319 e. The Labute approximate surface area is 136 Å². The summed E-state index contributed by atoms with van der Waals surface area (Å²) in [6, 6.07) is 8.27. The molecule has 1 aromatic heterocycles. The van der Waals surface area contributed by atoms with Crippen LogP contribution >= 0.6 is 0 Å². The Morgan fingerprint density at radius 2 is 2.09 bits per heavy atom. The number of carbonyl (C=O) groups excluding carboxylic acids is 1. The second kappa shape index (κ2) is 6.36. The maximum Gasteiger partial charge on any atom is 0.322 e. The number of carbonyl (C=O) groups is 1. The summed E-state index contributed by atoms with van der Waals surface area (Å²) in [5, 5.41) is 3.01. The Morgan fingerprint density at radius 1 is 1.35 bits per heavy atom. The van der Waals surface area contributed by atoms with Gasteiger partial charge in [-0.25, -0.2) is 14.8 Å². The molecular formula is C18H22N4O. The van der Waals surface area contributed by atoms with E-state index < -0.39 is 0 Å². The van der Waals surface area contributed by atoms with Crippen LogP contribution in [0.25, 0.3) is 11.4 Å². The number of benzene rings is 1. The lowest BCUT2D eigenvalue weighted by Gasteiger charge is -2.46. The Bertz CT molecular complexity index is 701. The SMILES string of the molecule is CCC1CC(C)N1C(=O)Nc1ccc(C)c(-c2ncccn2)c1. The molecule has 2 atom stereocenters. The van der Waals surface area contributed by atoms with Crippen molar-refractivity contribution in [2.75, 3.05) is 5.32 Å². The number of nitrogens with one attached hydrogen (secondary N) is 1. The van der Waals surface area contributed by atoms with Crippen molar-refractivity contribution in [1.82, 2.24) is 14.9 Å². The van der Waals surface area contributed by atoms with Gasteiger partial charge in [0, 0.05) is 35.7 Å². The number of hydrogen-bond donors (Lipinski definition) is 1. The van der Waals surface area contributed by atoms with Gasteiger partial charge in [-0.2, -0.15) is 0 Å². The van der Waals surface area contributed by atoms with Crippen molar-refractivity contribution in [2.45, 2.75) is 45.7 Å². The zero-order valence-electron chi connectivity index (χ0n) is 13.8. The van der Waals surface area contributed by atoms with Gasteiger partial charge >= 0.3 is 6.03 Å². The summed E-state index contributed by atoms with van der Waals surface area (Å²) in [5.74, 6) is 0.671. The molecule has 1 aliphatic heterocycles. The first-order valence-corrected chi connectivity index (χ1v) is 8.07. The highest BCUT2D eigenvalue weighted by atomic mass is 16.2. The van der Waals surface area contributed by atoms with Crippen molar-refractivity contribution in [1.29, 1.82) is 0 Å². The number of rotatable bonds is 3. The first-order valence-electron chi connectivity index (χ1n) is 8.07. The van der Waals surface area contributed by atoms with Gasteiger partial charge in [0.15, 0.2) is 5.82 Å². The monoisotopic (exact) mass is 310 g/mol. The maximum atomic E-state index is 12.5. The van der Waals surface area contributed by atoms with Crippen LogP contribution in [0.4, 0.5) is 10.5 Å². The Hall–Kier alpha value is -2.43. The Morgan fingerprint density at radius 3 is 2.74 bits per heavy atom. The highest BCUT2D eigenvalue weighted by Gasteiger charge is 2.37. The third kappa shape index (κ3) is 3.04. The van der Waals surface area contributed by atoms with E-state index in [2.05, 4.69) is 29.1 Å². The van der Waals surface area contributed by atoms with E-state index in [4.69, 9.17) is 0 Å². The van der Waals surface area contributed by atoms with Crippen molar-refractivity contribution in [3.05, 3.63) is 42.2 Å². The fraction of sp³-hybridized carbons (Fsp3) is 0.389. The highest BCUT2D eigenvalue weighted by Crippen LogP contribution is 2.29. The topological polar surface area (TPSA) is 58.1 Å². The molecule has 0 saturated carbocycles. The van der Waals surface area contributed by atoms with Crippen LogP contribution in [-0.2, 0) is 0 Å². The molecule has 0 radical (unpaired) electrons. The summed E-state index contributed by atoms with van der Waals surface area (Å²) < 4.78 is 0. The number of hydrogen-bond acceptors (Lipinski definition) is 3. The molecule has 1 fully saturated rings. The minimum Gasteiger partial charge on any atom is -0.319 e. The molecule has 2 unspecified atom stereocenters. The molecular weight excluding hydrogens is 288 g/mol. The highest BCUT2D eigenvalue weighted by molar-refractivity contribution is 5.91. The molecule has 5 heteroatoms. The first kappa shape index (κ1) is 15.5. The lowest BCUT2D eigenvalue weighted by molar-refractivity contribution is 0.0688. The zero-order valence-corrected chi connectivity index (χ0v) is 13.8. The minimum absolute atomic E-state index is 0.0283. The average Bonchev–Trinajstić information content (AvgIpc) is 2.54. The van der Waals surface area contributed by atoms with E-state index in [9.17, 15) is 4.79 Å². The third-order valence-electron chi connectivity index (χ3n) is 4.48. The molecule has 2 amide bonds. The first-order chi connectivity index (χ1) is 11.1. The Kier molecular flexibility index (Phi) is 4.28. The second-order valence-corrected chi connectivity index (χ2v) is 6.09. The van der Waals surface area contributed by atoms with Crippen LogP contribution in [0.1, 0.15) is 32.3 Å². The van der Waals surface area contributed by atoms with Gasteiger partial charge in [-0.1, -0.05) is 13.0 Å². The fourth-order valence-corrected chi connectivity index (χ4v) is 3.14. The second-order valence-electron chi connectivity index (χ2n) is 6.09. The van der Waals surface area contributed by atoms with E-state index >= 15 is 0 Å². The molecule has 0 aliphatic carbocycles. The minimum atomic E-state index is -0.0283. The van der Waals surface area contributed by atoms with E-state index in [0.29, 0.717) is 17.9 Å². The maximum absolute atomic E-state index is 12.5. The number of aromatic nitrogens is 2. The van der Waals surface area contributed by atoms with Gasteiger partial charge in [0.2, 0.25) is 0 Å². The number of urea groups is 1. The van der Waals surface area contributed by atoms with Crippen LogP contribution in [0.5, 0.6) is 0 Å². The van der Waals surface area contributed by atoms with Crippen molar-refractivity contribution in [2.24, 2.45) is 0 Å². The number of likely N-dealkylation sites (tertiary alicyclic amines) is 1. The van der Waals surface area contributed by atoms with Crippen molar-refractivity contribution >= 4 is 11.7 Å². The predicted octanol–water partition coefficient (Wildman–Crippen LogP) is 3.86. The predicted molar refractivity (Wildman–Crippen MR) is 91.2 cm³/mol. The standard InChI is InChI=1S/C18H22N4O/c1-4-15-10-13(3)22(15)18(23)21-14-7-6-12(2)16(11-14)17-19-8-5-9-20-17/h5-9,11,13,15H,4,10H2,1-3H3,(H,21,23). The van der Waals surface area contributed by atoms with Gasteiger partial charge in [0.1, 0.15) is 0 Å². The normalized spacial score (nSPS) is 20.0. The van der Waals surface area contributed by atoms with E-state index in [1.807, 2.05) is 30.0 Å². The molecule has 1 aliphatic rings. The van der Waals surface area contributed by atoms with Crippen molar-refractivity contribution in [3.8, 4) is 11.4 Å². The van der Waals surface area contributed by atoms with Crippen LogP contribution < -0.4 is 5.32 Å². The molecule has 23 heavy (non-hydrogen) atoms. The summed E-state index contributed by atoms with van der Waals surface area (Å²) in [5.41, 5.74) is 2.79.